The molecule has 0 aromatic heterocycles. The van der Waals surface area contributed by atoms with Crippen LogP contribution in [0, 0.1) is 6.92 Å². The Labute approximate surface area is 196 Å². The molecule has 0 aliphatic rings. The third-order valence-corrected chi connectivity index (χ3v) is 6.93. The Morgan fingerprint density at radius 1 is 1.03 bits per heavy atom. The Kier molecular flexibility index (Phi) is 7.32. The zero-order chi connectivity index (χ0) is 24.3. The fourth-order valence-electron chi connectivity index (χ4n) is 4.11. The van der Waals surface area contributed by atoms with E-state index < -0.39 is 10.0 Å². The number of nitrogens with one attached hydrogen (secondary N) is 1. The Morgan fingerprint density at radius 2 is 1.70 bits per heavy atom. The minimum absolute atomic E-state index is 0.259. The predicted octanol–water partition coefficient (Wildman–Crippen LogP) is 4.92. The predicted molar refractivity (Wildman–Crippen MR) is 135 cm³/mol. The molecular weight excluding hydrogens is 436 g/mol. The quantitative estimate of drug-likeness (QED) is 0.509. The van der Waals surface area contributed by atoms with Crippen LogP contribution in [0.1, 0.15) is 49.4 Å². The number of benzene rings is 3. The summed E-state index contributed by atoms with van der Waals surface area (Å²) in [4.78, 5) is 13.0. The van der Waals surface area contributed by atoms with Gasteiger partial charge in [0, 0.05) is 5.39 Å². The maximum absolute atomic E-state index is 13.0. The molecule has 0 aliphatic carbocycles. The second-order valence-electron chi connectivity index (χ2n) is 8.66. The molecule has 0 aliphatic heterocycles. The maximum Gasteiger partial charge on any atom is 0.241 e. The lowest BCUT2D eigenvalue weighted by Crippen LogP contribution is -2.41. The smallest absolute Gasteiger partial charge is 0.241 e. The van der Waals surface area contributed by atoms with Gasteiger partial charge in [-0.15, -0.1) is 0 Å². The van der Waals surface area contributed by atoms with E-state index in [-0.39, 0.29) is 24.4 Å². The lowest BCUT2D eigenvalue weighted by molar-refractivity contribution is -0.120. The Morgan fingerprint density at radius 3 is 2.33 bits per heavy atom. The number of rotatable bonds is 8. The number of amides is 1. The third kappa shape index (κ3) is 5.47. The summed E-state index contributed by atoms with van der Waals surface area (Å²) in [5.74, 6) is 0.709. The van der Waals surface area contributed by atoms with E-state index >= 15 is 0 Å². The first kappa shape index (κ1) is 24.6. The second-order valence-corrected chi connectivity index (χ2v) is 10.6. The number of fused-ring (bicyclic) bond motifs is 1. The third-order valence-electron chi connectivity index (χ3n) is 5.81. The molecule has 0 fully saturated rings. The average molecular weight is 469 g/mol. The number of sulfonamides is 1. The van der Waals surface area contributed by atoms with Crippen molar-refractivity contribution in [2.24, 2.45) is 0 Å². The first-order valence-corrected chi connectivity index (χ1v) is 12.8. The highest BCUT2D eigenvalue weighted by atomic mass is 32.2. The van der Waals surface area contributed by atoms with E-state index in [9.17, 15) is 13.2 Å². The average Bonchev–Trinajstić information content (AvgIpc) is 2.75. The van der Waals surface area contributed by atoms with E-state index in [4.69, 9.17) is 4.74 Å². The van der Waals surface area contributed by atoms with Gasteiger partial charge in [0.25, 0.3) is 0 Å². The first-order chi connectivity index (χ1) is 15.5. The SMILES string of the molecule is COc1cc(C)c(C(C)NC(=O)CN(c2cccc3ccccc23)S(C)(=O)=O)cc1C(C)C. The zero-order valence-electron chi connectivity index (χ0n) is 20.0. The highest BCUT2D eigenvalue weighted by Gasteiger charge is 2.24. The molecule has 176 valence electrons. The lowest BCUT2D eigenvalue weighted by atomic mass is 9.93. The molecule has 0 radical (unpaired) electrons. The van der Waals surface area contributed by atoms with Crippen LogP contribution in [0.2, 0.25) is 0 Å². The molecule has 0 heterocycles. The molecule has 0 bridgehead atoms. The summed E-state index contributed by atoms with van der Waals surface area (Å²) in [6.07, 6.45) is 1.12. The van der Waals surface area contributed by atoms with E-state index in [1.165, 1.54) is 0 Å². The number of anilines is 1. The van der Waals surface area contributed by atoms with Crippen molar-refractivity contribution < 1.29 is 17.9 Å². The van der Waals surface area contributed by atoms with Gasteiger partial charge in [0.05, 0.1) is 25.1 Å². The summed E-state index contributed by atoms with van der Waals surface area (Å²) in [5, 5.41) is 4.66. The van der Waals surface area contributed by atoms with Crippen LogP contribution in [0.25, 0.3) is 10.8 Å². The summed E-state index contributed by atoms with van der Waals surface area (Å²) in [6.45, 7) is 7.76. The Hall–Kier alpha value is -3.06. The van der Waals surface area contributed by atoms with Crippen molar-refractivity contribution in [3.63, 3.8) is 0 Å². The number of aryl methyl sites for hydroxylation is 1. The number of nitrogens with zero attached hydrogens (tertiary/aromatic N) is 1. The molecule has 3 rings (SSSR count). The van der Waals surface area contributed by atoms with Crippen LogP contribution in [-0.2, 0) is 14.8 Å². The van der Waals surface area contributed by atoms with Gasteiger partial charge in [0.2, 0.25) is 15.9 Å². The summed E-state index contributed by atoms with van der Waals surface area (Å²) in [5.41, 5.74) is 3.52. The number of hydrogen-bond donors (Lipinski definition) is 1. The molecule has 6 nitrogen and oxygen atoms in total. The molecule has 3 aromatic rings. The fraction of sp³-hybridized carbons (Fsp3) is 0.346. The van der Waals surface area contributed by atoms with Gasteiger partial charge in [-0.3, -0.25) is 9.10 Å². The van der Waals surface area contributed by atoms with Crippen LogP contribution in [0.15, 0.2) is 54.6 Å². The topological polar surface area (TPSA) is 75.7 Å². The standard InChI is InChI=1S/C26H32N2O4S/c1-17(2)22-15-23(18(3)14-25(22)32-5)19(4)27-26(29)16-28(33(6,30)31)24-13-9-11-20-10-7-8-12-21(20)24/h7-15,17,19H,16H2,1-6H3,(H,27,29). The van der Waals surface area contributed by atoms with Crippen LogP contribution in [0.4, 0.5) is 5.69 Å². The number of methoxy groups -OCH3 is 1. The van der Waals surface area contributed by atoms with Gasteiger partial charge in [0.15, 0.2) is 0 Å². The molecule has 3 aromatic carbocycles. The van der Waals surface area contributed by atoms with Gasteiger partial charge in [-0.1, -0.05) is 50.2 Å². The summed E-state index contributed by atoms with van der Waals surface area (Å²) < 4.78 is 32.0. The molecule has 0 saturated heterocycles. The van der Waals surface area contributed by atoms with Gasteiger partial charge in [-0.2, -0.15) is 0 Å². The number of carbonyl (C=O) groups is 1. The molecule has 33 heavy (non-hydrogen) atoms. The van der Waals surface area contributed by atoms with E-state index in [0.29, 0.717) is 5.69 Å². The minimum Gasteiger partial charge on any atom is -0.496 e. The normalized spacial score (nSPS) is 12.6. The molecule has 1 amide bonds. The van der Waals surface area contributed by atoms with Crippen LogP contribution in [0.5, 0.6) is 5.75 Å². The van der Waals surface area contributed by atoms with Crippen molar-refractivity contribution in [3.05, 3.63) is 71.3 Å². The van der Waals surface area contributed by atoms with E-state index in [1.54, 1.807) is 19.2 Å². The summed E-state index contributed by atoms with van der Waals surface area (Å²) in [7, 11) is -2.03. The van der Waals surface area contributed by atoms with Gasteiger partial charge >= 0.3 is 0 Å². The zero-order valence-corrected chi connectivity index (χ0v) is 20.9. The van der Waals surface area contributed by atoms with Gasteiger partial charge in [-0.05, 0) is 60.0 Å². The monoisotopic (exact) mass is 468 g/mol. The highest BCUT2D eigenvalue weighted by Crippen LogP contribution is 2.32. The number of carbonyl (C=O) groups excluding carboxylic acids is 1. The largest absolute Gasteiger partial charge is 0.496 e. The van der Waals surface area contributed by atoms with Gasteiger partial charge < -0.3 is 10.1 Å². The van der Waals surface area contributed by atoms with Crippen LogP contribution < -0.4 is 14.4 Å². The van der Waals surface area contributed by atoms with Crippen LogP contribution in [0.3, 0.4) is 0 Å². The van der Waals surface area contributed by atoms with E-state index in [2.05, 4.69) is 25.2 Å². The molecule has 0 spiro atoms. The highest BCUT2D eigenvalue weighted by molar-refractivity contribution is 7.92. The molecule has 1 atom stereocenters. The lowest BCUT2D eigenvalue weighted by Gasteiger charge is -2.25. The summed E-state index contributed by atoms with van der Waals surface area (Å²) in [6, 6.07) is 16.7. The van der Waals surface area contributed by atoms with Crippen molar-refractivity contribution in [2.45, 2.75) is 39.7 Å². The van der Waals surface area contributed by atoms with E-state index in [0.717, 1.165) is 43.8 Å². The molecule has 1 N–H and O–H groups in total. The van der Waals surface area contributed by atoms with Crippen LogP contribution in [-0.4, -0.2) is 34.2 Å². The Balaban J connectivity index is 1.88. The first-order valence-electron chi connectivity index (χ1n) is 11.0. The van der Waals surface area contributed by atoms with Gasteiger partial charge in [0.1, 0.15) is 12.3 Å². The van der Waals surface area contributed by atoms with Crippen molar-refractivity contribution in [3.8, 4) is 5.75 Å². The fourth-order valence-corrected chi connectivity index (χ4v) is 4.98. The molecular formula is C26H32N2O4S. The summed E-state index contributed by atoms with van der Waals surface area (Å²) >= 11 is 0. The van der Waals surface area contributed by atoms with Crippen molar-refractivity contribution in [2.75, 3.05) is 24.2 Å². The maximum atomic E-state index is 13.0. The minimum atomic E-state index is -3.68. The van der Waals surface area contributed by atoms with Crippen molar-refractivity contribution >= 4 is 32.4 Å². The van der Waals surface area contributed by atoms with Crippen molar-refractivity contribution in [1.29, 1.82) is 0 Å². The van der Waals surface area contributed by atoms with Gasteiger partial charge in [-0.25, -0.2) is 8.42 Å². The number of ether oxygens (including phenoxy) is 1. The number of hydrogen-bond acceptors (Lipinski definition) is 4. The molecule has 0 saturated carbocycles. The second kappa shape index (κ2) is 9.83. The van der Waals surface area contributed by atoms with E-state index in [1.807, 2.05) is 50.2 Å². The molecule has 1 unspecified atom stereocenters. The Bertz CT molecular complexity index is 1260. The van der Waals surface area contributed by atoms with Crippen molar-refractivity contribution in [1.82, 2.24) is 5.32 Å². The van der Waals surface area contributed by atoms with Crippen LogP contribution >= 0.6 is 0 Å². The molecule has 7 heteroatoms.